The number of nitrogens with one attached hydrogen (secondary N) is 1. The highest BCUT2D eigenvalue weighted by atomic mass is 32.1. The second-order valence-corrected chi connectivity index (χ2v) is 6.58. The van der Waals surface area contributed by atoms with Crippen LogP contribution in [-0.4, -0.2) is 31.6 Å². The first kappa shape index (κ1) is 16.3. The van der Waals surface area contributed by atoms with Crippen molar-refractivity contribution in [2.75, 3.05) is 30.9 Å². The molecule has 0 radical (unpaired) electrons. The largest absolute Gasteiger partial charge is 0.494 e. The summed E-state index contributed by atoms with van der Waals surface area (Å²) in [4.78, 5) is 18.7. The molecule has 3 aromatic rings. The molecule has 0 bridgehead atoms. The van der Waals surface area contributed by atoms with E-state index in [9.17, 15) is 4.79 Å². The number of hydrogen-bond acceptors (Lipinski definition) is 5. The lowest BCUT2D eigenvalue weighted by molar-refractivity contribution is -0.114. The lowest BCUT2D eigenvalue weighted by atomic mass is 10.2. The number of rotatable bonds is 5. The minimum atomic E-state index is -0.0763. The van der Waals surface area contributed by atoms with Gasteiger partial charge in [-0.1, -0.05) is 35.1 Å². The number of thiazole rings is 1. The summed E-state index contributed by atoms with van der Waals surface area (Å²) in [5, 5.41) is 3.68. The third kappa shape index (κ3) is 3.49. The highest BCUT2D eigenvalue weighted by Crippen LogP contribution is 2.33. The molecule has 0 aliphatic rings. The maximum atomic E-state index is 12.2. The van der Waals surface area contributed by atoms with Crippen LogP contribution in [0.2, 0.25) is 0 Å². The second-order valence-electron chi connectivity index (χ2n) is 5.57. The van der Waals surface area contributed by atoms with E-state index in [0.717, 1.165) is 32.3 Å². The fraction of sp³-hybridized carbons (Fsp3) is 0.222. The third-order valence-electron chi connectivity index (χ3n) is 3.63. The van der Waals surface area contributed by atoms with Gasteiger partial charge in [0.05, 0.1) is 18.4 Å². The Kier molecular flexibility index (Phi) is 4.66. The molecular weight excluding hydrogens is 322 g/mol. The molecule has 0 unspecified atom stereocenters. The number of anilines is 2. The van der Waals surface area contributed by atoms with E-state index >= 15 is 0 Å². The van der Waals surface area contributed by atoms with Gasteiger partial charge >= 0.3 is 0 Å². The molecule has 0 saturated carbocycles. The molecule has 5 nitrogen and oxygen atoms in total. The van der Waals surface area contributed by atoms with Crippen LogP contribution in [0.5, 0.6) is 5.75 Å². The first-order valence-corrected chi connectivity index (χ1v) is 8.39. The van der Waals surface area contributed by atoms with Gasteiger partial charge in [-0.25, -0.2) is 4.98 Å². The predicted molar refractivity (Wildman–Crippen MR) is 99.3 cm³/mol. The Morgan fingerprint density at radius 2 is 2.00 bits per heavy atom. The first-order chi connectivity index (χ1) is 11.6. The summed E-state index contributed by atoms with van der Waals surface area (Å²) in [6.45, 7) is 2.25. The first-order valence-electron chi connectivity index (χ1n) is 7.58. The number of amides is 1. The maximum absolute atomic E-state index is 12.2. The van der Waals surface area contributed by atoms with Gasteiger partial charge in [-0.2, -0.15) is 0 Å². The van der Waals surface area contributed by atoms with Crippen LogP contribution in [0.3, 0.4) is 0 Å². The molecule has 0 spiro atoms. The maximum Gasteiger partial charge on any atom is 0.243 e. The van der Waals surface area contributed by atoms with Crippen molar-refractivity contribution >= 4 is 38.3 Å². The van der Waals surface area contributed by atoms with Gasteiger partial charge in [0.1, 0.15) is 11.3 Å². The van der Waals surface area contributed by atoms with Crippen molar-refractivity contribution in [1.82, 2.24) is 4.98 Å². The van der Waals surface area contributed by atoms with Crippen LogP contribution in [0, 0.1) is 6.92 Å². The summed E-state index contributed by atoms with van der Waals surface area (Å²) >= 11 is 1.54. The summed E-state index contributed by atoms with van der Waals surface area (Å²) in [5.41, 5.74) is 2.78. The van der Waals surface area contributed by atoms with Crippen molar-refractivity contribution in [2.45, 2.75) is 6.92 Å². The highest BCUT2D eigenvalue weighted by molar-refractivity contribution is 7.22. The van der Waals surface area contributed by atoms with Crippen LogP contribution >= 0.6 is 11.3 Å². The third-order valence-corrected chi connectivity index (χ3v) is 4.77. The molecular formula is C18H19N3O2S. The Morgan fingerprint density at radius 1 is 1.25 bits per heavy atom. The van der Waals surface area contributed by atoms with Crippen LogP contribution < -0.4 is 15.0 Å². The molecule has 0 saturated heterocycles. The molecule has 1 amide bonds. The summed E-state index contributed by atoms with van der Waals surface area (Å²) in [7, 11) is 3.49. The van der Waals surface area contributed by atoms with Crippen LogP contribution in [0.4, 0.5) is 10.8 Å². The topological polar surface area (TPSA) is 54.5 Å². The van der Waals surface area contributed by atoms with Gasteiger partial charge in [-0.15, -0.1) is 0 Å². The van der Waals surface area contributed by atoms with Gasteiger partial charge in [0, 0.05) is 12.7 Å². The molecule has 1 N–H and O–H groups in total. The van der Waals surface area contributed by atoms with E-state index in [2.05, 4.69) is 10.3 Å². The zero-order valence-electron chi connectivity index (χ0n) is 13.9. The smallest absolute Gasteiger partial charge is 0.243 e. The van der Waals surface area contributed by atoms with Crippen molar-refractivity contribution in [3.05, 3.63) is 48.0 Å². The zero-order valence-corrected chi connectivity index (χ0v) is 14.7. The van der Waals surface area contributed by atoms with Crippen molar-refractivity contribution in [2.24, 2.45) is 0 Å². The molecule has 0 aliphatic carbocycles. The fourth-order valence-corrected chi connectivity index (χ4v) is 3.30. The van der Waals surface area contributed by atoms with Gasteiger partial charge in [0.2, 0.25) is 5.91 Å². The molecule has 2 aromatic carbocycles. The Labute approximate surface area is 144 Å². The minimum absolute atomic E-state index is 0.0763. The van der Waals surface area contributed by atoms with E-state index in [4.69, 9.17) is 4.74 Å². The number of methoxy groups -OCH3 is 1. The number of benzene rings is 2. The highest BCUT2D eigenvalue weighted by Gasteiger charge is 2.14. The number of ether oxygens (including phenoxy) is 1. The van der Waals surface area contributed by atoms with Gasteiger partial charge in [-0.3, -0.25) is 4.79 Å². The average molecular weight is 341 g/mol. The van der Waals surface area contributed by atoms with E-state index in [1.54, 1.807) is 7.11 Å². The number of nitrogens with zero attached hydrogens (tertiary/aromatic N) is 2. The van der Waals surface area contributed by atoms with E-state index in [1.807, 2.05) is 61.3 Å². The number of aromatic nitrogens is 1. The molecule has 6 heteroatoms. The molecule has 0 fully saturated rings. The van der Waals surface area contributed by atoms with Crippen LogP contribution in [-0.2, 0) is 4.79 Å². The molecule has 24 heavy (non-hydrogen) atoms. The van der Waals surface area contributed by atoms with Crippen LogP contribution in [0.15, 0.2) is 42.5 Å². The van der Waals surface area contributed by atoms with E-state index in [1.165, 1.54) is 11.3 Å². The number of likely N-dealkylation sites (N-methyl/N-ethyl adjacent to an activating group) is 1. The molecule has 0 atom stereocenters. The Balaban J connectivity index is 1.71. The number of para-hydroxylation sites is 1. The molecule has 0 aliphatic heterocycles. The quantitative estimate of drug-likeness (QED) is 0.769. The average Bonchev–Trinajstić information content (AvgIpc) is 3.01. The number of fused-ring (bicyclic) bond motifs is 1. The second kappa shape index (κ2) is 6.88. The minimum Gasteiger partial charge on any atom is -0.494 e. The van der Waals surface area contributed by atoms with Crippen molar-refractivity contribution in [1.29, 1.82) is 0 Å². The number of hydrogen-bond donors (Lipinski definition) is 1. The lowest BCUT2D eigenvalue weighted by Gasteiger charge is -2.15. The summed E-state index contributed by atoms with van der Waals surface area (Å²) < 4.78 is 6.37. The monoisotopic (exact) mass is 341 g/mol. The van der Waals surface area contributed by atoms with Crippen molar-refractivity contribution in [3.8, 4) is 5.75 Å². The number of carbonyl (C=O) groups excluding carboxylic acids is 1. The number of carbonyl (C=O) groups is 1. The summed E-state index contributed by atoms with van der Waals surface area (Å²) in [6.07, 6.45) is 0. The Hall–Kier alpha value is -2.60. The van der Waals surface area contributed by atoms with Crippen LogP contribution in [0.25, 0.3) is 10.2 Å². The molecule has 1 aromatic heterocycles. The SMILES string of the molecule is COc1cccc2sc(N(C)CC(=O)Nc3ccc(C)cc3)nc12. The fourth-order valence-electron chi connectivity index (χ4n) is 2.36. The van der Waals surface area contributed by atoms with Gasteiger partial charge < -0.3 is 15.0 Å². The van der Waals surface area contributed by atoms with E-state index in [0.29, 0.717) is 0 Å². The normalized spacial score (nSPS) is 10.6. The van der Waals surface area contributed by atoms with Crippen LogP contribution in [0.1, 0.15) is 5.56 Å². The number of aryl methyl sites for hydroxylation is 1. The zero-order chi connectivity index (χ0) is 17.1. The molecule has 1 heterocycles. The summed E-state index contributed by atoms with van der Waals surface area (Å²) in [6, 6.07) is 13.6. The lowest BCUT2D eigenvalue weighted by Crippen LogP contribution is -2.29. The molecule has 124 valence electrons. The van der Waals surface area contributed by atoms with Crippen molar-refractivity contribution in [3.63, 3.8) is 0 Å². The van der Waals surface area contributed by atoms with E-state index in [-0.39, 0.29) is 12.5 Å². The van der Waals surface area contributed by atoms with Gasteiger partial charge in [0.15, 0.2) is 5.13 Å². The van der Waals surface area contributed by atoms with Gasteiger partial charge in [0.25, 0.3) is 0 Å². The van der Waals surface area contributed by atoms with Crippen molar-refractivity contribution < 1.29 is 9.53 Å². The Bertz CT molecular complexity index is 858. The molecule has 3 rings (SSSR count). The standard InChI is InChI=1S/C18H19N3O2S/c1-12-7-9-13(10-8-12)19-16(22)11-21(2)18-20-17-14(23-3)5-4-6-15(17)24-18/h4-10H,11H2,1-3H3,(H,19,22). The Morgan fingerprint density at radius 3 is 2.71 bits per heavy atom. The summed E-state index contributed by atoms with van der Waals surface area (Å²) in [5.74, 6) is 0.667. The van der Waals surface area contributed by atoms with E-state index < -0.39 is 0 Å². The van der Waals surface area contributed by atoms with Gasteiger partial charge in [-0.05, 0) is 31.2 Å². The predicted octanol–water partition coefficient (Wildman–Crippen LogP) is 3.69.